The predicted molar refractivity (Wildman–Crippen MR) is 111 cm³/mol. The van der Waals surface area contributed by atoms with Gasteiger partial charge in [0.2, 0.25) is 0 Å². The van der Waals surface area contributed by atoms with Gasteiger partial charge in [0.05, 0.1) is 15.7 Å². The van der Waals surface area contributed by atoms with Crippen molar-refractivity contribution in [2.45, 2.75) is 25.0 Å². The van der Waals surface area contributed by atoms with Gasteiger partial charge in [0, 0.05) is 30.7 Å². The number of rotatable bonds is 9. The Morgan fingerprint density at radius 3 is 2.78 bits per heavy atom. The number of ether oxygens (including phenoxy) is 1. The van der Waals surface area contributed by atoms with Crippen molar-refractivity contribution in [3.05, 3.63) is 51.2 Å². The van der Waals surface area contributed by atoms with Crippen molar-refractivity contribution >= 4 is 40.5 Å². The molecular weight excluding hydrogens is 402 g/mol. The Morgan fingerprint density at radius 1 is 1.26 bits per heavy atom. The molecule has 0 aliphatic rings. The summed E-state index contributed by atoms with van der Waals surface area (Å²) in [5.74, 6) is 1.13. The minimum absolute atomic E-state index is 0.101. The third-order valence-corrected chi connectivity index (χ3v) is 6.25. The number of thiophene rings is 1. The smallest absolute Gasteiger partial charge is 0.191 e. The van der Waals surface area contributed by atoms with Gasteiger partial charge in [-0.2, -0.15) is 0 Å². The summed E-state index contributed by atoms with van der Waals surface area (Å²) in [5, 5.41) is 9.99. The average molecular weight is 422 g/mol. The van der Waals surface area contributed by atoms with Crippen LogP contribution in [0, 0.1) is 6.92 Å². The van der Waals surface area contributed by atoms with Crippen molar-refractivity contribution in [1.29, 1.82) is 0 Å². The van der Waals surface area contributed by atoms with Crippen molar-refractivity contribution in [2.75, 3.05) is 19.5 Å². The zero-order valence-electron chi connectivity index (χ0n) is 15.1. The molecule has 0 bridgehead atoms. The highest BCUT2D eigenvalue weighted by Gasteiger charge is 2.18. The van der Waals surface area contributed by atoms with Crippen LogP contribution in [0.4, 0.5) is 0 Å². The van der Waals surface area contributed by atoms with Crippen LogP contribution in [-0.4, -0.2) is 40.0 Å². The van der Waals surface area contributed by atoms with Crippen LogP contribution in [0.15, 0.2) is 41.6 Å². The molecule has 0 saturated heterocycles. The number of nitrogens with zero attached hydrogens (tertiary/aromatic N) is 3. The molecule has 0 N–H and O–H groups in total. The Balaban J connectivity index is 1.81. The summed E-state index contributed by atoms with van der Waals surface area (Å²) in [6.45, 7) is 3.32. The maximum atomic E-state index is 12.4. The molecule has 0 spiro atoms. The lowest BCUT2D eigenvalue weighted by Crippen LogP contribution is -2.07. The highest BCUT2D eigenvalue weighted by molar-refractivity contribution is 7.99. The van der Waals surface area contributed by atoms with Crippen LogP contribution >= 0.6 is 34.7 Å². The maximum Gasteiger partial charge on any atom is 0.191 e. The summed E-state index contributed by atoms with van der Waals surface area (Å²) in [6.07, 6.45) is 0.817. The molecule has 142 valence electrons. The first kappa shape index (κ1) is 20.1. The largest absolute Gasteiger partial charge is 0.385 e. The number of benzene rings is 1. The number of thioether (sulfide) groups is 1. The lowest BCUT2D eigenvalue weighted by Gasteiger charge is -2.10. The van der Waals surface area contributed by atoms with E-state index in [2.05, 4.69) is 10.2 Å². The molecule has 3 rings (SSSR count). The van der Waals surface area contributed by atoms with Crippen LogP contribution in [0.25, 0.3) is 11.4 Å². The van der Waals surface area contributed by atoms with E-state index in [1.807, 2.05) is 47.9 Å². The molecular formula is C19H20ClN3O2S2. The molecule has 0 atom stereocenters. The molecule has 27 heavy (non-hydrogen) atoms. The number of carbonyl (C=O) groups is 1. The van der Waals surface area contributed by atoms with Gasteiger partial charge in [-0.15, -0.1) is 21.5 Å². The standard InChI is InChI=1S/C19H20ClN3O2S2/c1-13-8-9-17(27-13)16(24)12-26-19-22-21-18(23(19)10-5-11-25-2)14-6-3-4-7-15(14)20/h3-4,6-9H,5,10-12H2,1-2H3. The van der Waals surface area contributed by atoms with Crippen molar-refractivity contribution in [3.63, 3.8) is 0 Å². The first-order valence-corrected chi connectivity index (χ1v) is 10.7. The number of aryl methyl sites for hydroxylation is 1. The van der Waals surface area contributed by atoms with Crippen LogP contribution in [0.2, 0.25) is 5.02 Å². The van der Waals surface area contributed by atoms with Gasteiger partial charge in [-0.25, -0.2) is 0 Å². The summed E-state index contributed by atoms with van der Waals surface area (Å²) >= 11 is 9.26. The topological polar surface area (TPSA) is 57.0 Å². The van der Waals surface area contributed by atoms with Crippen LogP contribution in [0.1, 0.15) is 21.0 Å². The van der Waals surface area contributed by atoms with Crippen molar-refractivity contribution < 1.29 is 9.53 Å². The molecule has 0 fully saturated rings. The number of carbonyl (C=O) groups excluding carboxylic acids is 1. The zero-order valence-corrected chi connectivity index (χ0v) is 17.5. The third-order valence-electron chi connectivity index (χ3n) is 3.91. The molecule has 8 heteroatoms. The molecule has 5 nitrogen and oxygen atoms in total. The fourth-order valence-corrected chi connectivity index (χ4v) is 4.56. The highest BCUT2D eigenvalue weighted by atomic mass is 35.5. The number of halogens is 1. The molecule has 0 radical (unpaired) electrons. The molecule has 0 saturated carbocycles. The molecule has 2 heterocycles. The van der Waals surface area contributed by atoms with Crippen molar-refractivity contribution in [3.8, 4) is 11.4 Å². The van der Waals surface area contributed by atoms with E-state index < -0.39 is 0 Å². The van der Waals surface area contributed by atoms with Crippen LogP contribution in [0.5, 0.6) is 0 Å². The second kappa shape index (κ2) is 9.50. The summed E-state index contributed by atoms with van der Waals surface area (Å²) < 4.78 is 7.18. The predicted octanol–water partition coefficient (Wildman–Crippen LogP) is 4.98. The van der Waals surface area contributed by atoms with Gasteiger partial charge in [0.25, 0.3) is 0 Å². The molecule has 0 unspecified atom stereocenters. The quantitative estimate of drug-likeness (QED) is 0.277. The Hall–Kier alpha value is -1.67. The van der Waals surface area contributed by atoms with Crippen LogP contribution in [0.3, 0.4) is 0 Å². The number of methoxy groups -OCH3 is 1. The molecule has 2 aromatic heterocycles. The molecule has 0 aliphatic heterocycles. The van der Waals surface area contributed by atoms with Crippen LogP contribution < -0.4 is 0 Å². The van der Waals surface area contributed by atoms with Gasteiger partial charge in [0.1, 0.15) is 0 Å². The summed E-state index contributed by atoms with van der Waals surface area (Å²) in [4.78, 5) is 14.3. The maximum absolute atomic E-state index is 12.4. The lowest BCUT2D eigenvalue weighted by atomic mass is 10.2. The normalized spacial score (nSPS) is 11.1. The molecule has 3 aromatic rings. The van der Waals surface area contributed by atoms with E-state index in [-0.39, 0.29) is 5.78 Å². The second-order valence-corrected chi connectivity index (χ2v) is 8.54. The van der Waals surface area contributed by atoms with Gasteiger partial charge in [-0.05, 0) is 37.6 Å². The first-order valence-electron chi connectivity index (χ1n) is 8.49. The van der Waals surface area contributed by atoms with Crippen molar-refractivity contribution in [1.82, 2.24) is 14.8 Å². The van der Waals surface area contributed by atoms with E-state index in [1.54, 1.807) is 7.11 Å². The third kappa shape index (κ3) is 4.99. The summed E-state index contributed by atoms with van der Waals surface area (Å²) in [7, 11) is 1.68. The SMILES string of the molecule is COCCCn1c(SCC(=O)c2ccc(C)s2)nnc1-c1ccccc1Cl. The van der Waals surface area contributed by atoms with E-state index in [4.69, 9.17) is 16.3 Å². The van der Waals surface area contributed by atoms with Crippen LogP contribution in [-0.2, 0) is 11.3 Å². The Kier molecular flexibility index (Phi) is 7.07. The molecule has 1 aromatic carbocycles. The van der Waals surface area contributed by atoms with Gasteiger partial charge < -0.3 is 9.30 Å². The van der Waals surface area contributed by atoms with E-state index >= 15 is 0 Å². The number of aromatic nitrogens is 3. The monoisotopic (exact) mass is 421 g/mol. The highest BCUT2D eigenvalue weighted by Crippen LogP contribution is 2.30. The summed E-state index contributed by atoms with van der Waals surface area (Å²) in [5.41, 5.74) is 0.830. The van der Waals surface area contributed by atoms with Gasteiger partial charge >= 0.3 is 0 Å². The average Bonchev–Trinajstić information content (AvgIpc) is 3.27. The fourth-order valence-electron chi connectivity index (χ4n) is 2.59. The van der Waals surface area contributed by atoms with Gasteiger partial charge in [-0.3, -0.25) is 4.79 Å². The number of hydrogen-bond acceptors (Lipinski definition) is 6. The Morgan fingerprint density at radius 2 is 2.07 bits per heavy atom. The zero-order chi connectivity index (χ0) is 19.2. The second-order valence-electron chi connectivity index (χ2n) is 5.91. The number of hydrogen-bond donors (Lipinski definition) is 0. The van der Waals surface area contributed by atoms with Gasteiger partial charge in [-0.1, -0.05) is 35.5 Å². The fraction of sp³-hybridized carbons (Fsp3) is 0.316. The Labute approximate surface area is 171 Å². The van der Waals surface area contributed by atoms with E-state index in [0.717, 1.165) is 21.7 Å². The minimum Gasteiger partial charge on any atom is -0.385 e. The molecule has 0 amide bonds. The van der Waals surface area contributed by atoms with E-state index in [9.17, 15) is 4.79 Å². The van der Waals surface area contributed by atoms with Crippen molar-refractivity contribution in [2.24, 2.45) is 0 Å². The van der Waals surface area contributed by atoms with E-state index in [1.165, 1.54) is 23.1 Å². The Bertz CT molecular complexity index is 923. The van der Waals surface area contributed by atoms with E-state index in [0.29, 0.717) is 34.9 Å². The first-order chi connectivity index (χ1) is 13.1. The minimum atomic E-state index is 0.101. The lowest BCUT2D eigenvalue weighted by molar-refractivity contribution is 0.102. The van der Waals surface area contributed by atoms with Gasteiger partial charge in [0.15, 0.2) is 16.8 Å². The summed E-state index contributed by atoms with van der Waals surface area (Å²) in [6, 6.07) is 11.4. The number of Topliss-reactive ketones (excluding diaryl/α,β-unsaturated/α-hetero) is 1. The number of ketones is 1. The molecule has 0 aliphatic carbocycles.